The van der Waals surface area contributed by atoms with Gasteiger partial charge in [-0.15, -0.1) is 13.2 Å². The van der Waals surface area contributed by atoms with E-state index in [1.807, 2.05) is 6.07 Å². The fraction of sp³-hybridized carbons (Fsp3) is 0.0417. The molecule has 164 valence electrons. The molecule has 1 heterocycles. The lowest BCUT2D eigenvalue weighted by Crippen LogP contribution is -2.16. The number of ether oxygens (including phenoxy) is 1. The average Bonchev–Trinajstić information content (AvgIpc) is 2.78. The summed E-state index contributed by atoms with van der Waals surface area (Å²) in [6.45, 7) is 0. The predicted octanol–water partition coefficient (Wildman–Crippen LogP) is 6.53. The smallest absolute Gasteiger partial charge is 0.406 e. The highest BCUT2D eigenvalue weighted by Gasteiger charge is 2.31. The summed E-state index contributed by atoms with van der Waals surface area (Å²) in [6, 6.07) is 17.4. The maximum absolute atomic E-state index is 14.1. The van der Waals surface area contributed by atoms with E-state index in [1.165, 1.54) is 36.5 Å². The Bertz CT molecular complexity index is 1340. The zero-order valence-electron chi connectivity index (χ0n) is 16.6. The highest BCUT2D eigenvalue weighted by Crippen LogP contribution is 2.31. The fourth-order valence-electron chi connectivity index (χ4n) is 3.23. The van der Waals surface area contributed by atoms with Crippen LogP contribution in [0, 0.1) is 23.0 Å². The van der Waals surface area contributed by atoms with Gasteiger partial charge in [0.2, 0.25) is 0 Å². The number of rotatable bonds is 4. The van der Waals surface area contributed by atoms with E-state index in [1.54, 1.807) is 24.3 Å². The van der Waals surface area contributed by atoms with Gasteiger partial charge in [0.25, 0.3) is 0 Å². The average molecular weight is 453 g/mol. The second-order valence-corrected chi connectivity index (χ2v) is 6.82. The van der Waals surface area contributed by atoms with Crippen LogP contribution in [0.5, 0.6) is 5.75 Å². The molecule has 0 aliphatic rings. The van der Waals surface area contributed by atoms with Gasteiger partial charge in [-0.05, 0) is 47.0 Å². The molecule has 0 fully saturated rings. The van der Waals surface area contributed by atoms with Gasteiger partial charge in [-0.25, -0.2) is 18.7 Å². The summed E-state index contributed by atoms with van der Waals surface area (Å²) in [5, 5.41) is 9.57. The topological polar surface area (TPSA) is 58.8 Å². The van der Waals surface area contributed by atoms with Crippen molar-refractivity contribution in [2.75, 3.05) is 0 Å². The van der Waals surface area contributed by atoms with Gasteiger partial charge < -0.3 is 4.74 Å². The molecule has 4 rings (SSSR count). The normalized spacial score (nSPS) is 11.2. The Hall–Kier alpha value is -4.32. The third-order valence-electron chi connectivity index (χ3n) is 4.68. The number of nitriles is 1. The summed E-state index contributed by atoms with van der Waals surface area (Å²) in [4.78, 5) is 8.07. The van der Waals surface area contributed by atoms with Crippen LogP contribution in [-0.2, 0) is 0 Å². The molecule has 1 aromatic heterocycles. The van der Waals surface area contributed by atoms with Gasteiger partial charge in [-0.3, -0.25) is 0 Å². The Labute approximate surface area is 184 Å². The third kappa shape index (κ3) is 4.80. The maximum Gasteiger partial charge on any atom is 0.573 e. The largest absolute Gasteiger partial charge is 0.573 e. The number of hydrogen-bond acceptors (Lipinski definition) is 4. The second-order valence-electron chi connectivity index (χ2n) is 6.82. The summed E-state index contributed by atoms with van der Waals surface area (Å²) in [7, 11) is 0. The Morgan fingerprint density at radius 3 is 2.09 bits per heavy atom. The molecule has 4 nitrogen and oxygen atoms in total. The first-order valence-electron chi connectivity index (χ1n) is 9.43. The van der Waals surface area contributed by atoms with Crippen molar-refractivity contribution in [2.24, 2.45) is 0 Å². The molecule has 0 aliphatic heterocycles. The number of halogens is 5. The van der Waals surface area contributed by atoms with Crippen molar-refractivity contribution in [3.63, 3.8) is 0 Å². The van der Waals surface area contributed by atoms with E-state index in [0.717, 1.165) is 12.1 Å². The van der Waals surface area contributed by atoms with Gasteiger partial charge in [0.05, 0.1) is 5.56 Å². The maximum atomic E-state index is 14.1. The molecular weight excluding hydrogens is 441 g/mol. The second kappa shape index (κ2) is 8.67. The van der Waals surface area contributed by atoms with E-state index < -0.39 is 23.6 Å². The molecule has 33 heavy (non-hydrogen) atoms. The summed E-state index contributed by atoms with van der Waals surface area (Å²) in [5.74, 6) is -2.32. The van der Waals surface area contributed by atoms with Crippen LogP contribution in [0.1, 0.15) is 5.69 Å². The van der Waals surface area contributed by atoms with Gasteiger partial charge in [-0.2, -0.15) is 5.26 Å². The van der Waals surface area contributed by atoms with Gasteiger partial charge in [0.1, 0.15) is 23.5 Å². The molecule has 9 heteroatoms. The highest BCUT2D eigenvalue weighted by molar-refractivity contribution is 5.76. The van der Waals surface area contributed by atoms with E-state index in [9.17, 15) is 27.2 Å². The van der Waals surface area contributed by atoms with Crippen LogP contribution in [0.15, 0.2) is 72.9 Å². The van der Waals surface area contributed by atoms with Crippen LogP contribution < -0.4 is 4.74 Å². The first-order chi connectivity index (χ1) is 15.7. The zero-order valence-corrected chi connectivity index (χ0v) is 16.6. The van der Waals surface area contributed by atoms with Crippen molar-refractivity contribution in [3.05, 3.63) is 90.3 Å². The molecule has 0 saturated carbocycles. The van der Waals surface area contributed by atoms with Crippen molar-refractivity contribution < 1.29 is 26.7 Å². The minimum Gasteiger partial charge on any atom is -0.406 e. The number of aromatic nitrogens is 2. The molecular formula is C24H12F5N3O. The highest BCUT2D eigenvalue weighted by atomic mass is 19.4. The van der Waals surface area contributed by atoms with E-state index in [-0.39, 0.29) is 17.3 Å². The van der Waals surface area contributed by atoms with Crippen LogP contribution in [0.25, 0.3) is 33.6 Å². The molecule has 0 unspecified atom stereocenters. The SMILES string of the molecule is N#Cc1nc(-c2c(F)cccc2F)ncc1-c1cccc(-c2ccc(OC(F)(F)F)cc2)c1. The van der Waals surface area contributed by atoms with Crippen LogP contribution >= 0.6 is 0 Å². The predicted molar refractivity (Wildman–Crippen MR) is 110 cm³/mol. The van der Waals surface area contributed by atoms with E-state index in [0.29, 0.717) is 22.3 Å². The van der Waals surface area contributed by atoms with Crippen molar-refractivity contribution >= 4 is 0 Å². The summed E-state index contributed by atoms with van der Waals surface area (Å²) in [5.41, 5.74) is 1.61. The molecule has 0 bridgehead atoms. The third-order valence-corrected chi connectivity index (χ3v) is 4.68. The lowest BCUT2D eigenvalue weighted by Gasteiger charge is -2.11. The van der Waals surface area contributed by atoms with E-state index in [2.05, 4.69) is 14.7 Å². The van der Waals surface area contributed by atoms with Crippen LogP contribution in [0.3, 0.4) is 0 Å². The molecule has 0 saturated heterocycles. The van der Waals surface area contributed by atoms with E-state index >= 15 is 0 Å². The molecule has 3 aromatic carbocycles. The van der Waals surface area contributed by atoms with E-state index in [4.69, 9.17) is 0 Å². The van der Waals surface area contributed by atoms with Crippen molar-refractivity contribution in [2.45, 2.75) is 6.36 Å². The molecule has 4 aromatic rings. The number of benzene rings is 3. The molecule has 0 amide bonds. The van der Waals surface area contributed by atoms with Crippen molar-refractivity contribution in [1.82, 2.24) is 9.97 Å². The van der Waals surface area contributed by atoms with Crippen molar-refractivity contribution in [3.8, 4) is 45.5 Å². The van der Waals surface area contributed by atoms with Crippen molar-refractivity contribution in [1.29, 1.82) is 5.26 Å². The minimum atomic E-state index is -4.78. The first kappa shape index (κ1) is 21.9. The summed E-state index contributed by atoms with van der Waals surface area (Å²) < 4.78 is 69.1. The molecule has 0 atom stereocenters. The fourth-order valence-corrected chi connectivity index (χ4v) is 3.23. The molecule has 0 N–H and O–H groups in total. The lowest BCUT2D eigenvalue weighted by atomic mass is 9.99. The number of hydrogen-bond donors (Lipinski definition) is 0. The Balaban J connectivity index is 1.69. The Morgan fingerprint density at radius 1 is 0.818 bits per heavy atom. The van der Waals surface area contributed by atoms with Crippen LogP contribution in [0.4, 0.5) is 22.0 Å². The standard InChI is InChI=1S/C24H12F5N3O/c25-19-5-2-6-20(26)22(19)23-31-13-18(21(12-30)32-23)16-4-1-3-15(11-16)14-7-9-17(10-8-14)33-24(27,28)29/h1-11,13H. The lowest BCUT2D eigenvalue weighted by molar-refractivity contribution is -0.274. The zero-order chi connectivity index (χ0) is 23.6. The molecule has 0 radical (unpaired) electrons. The number of nitrogens with zero attached hydrogens (tertiary/aromatic N) is 3. The molecule has 0 spiro atoms. The Kier molecular flexibility index (Phi) is 5.75. The Morgan fingerprint density at radius 2 is 1.45 bits per heavy atom. The van der Waals surface area contributed by atoms with Crippen LogP contribution in [0.2, 0.25) is 0 Å². The quantitative estimate of drug-likeness (QED) is 0.330. The minimum absolute atomic E-state index is 0.0891. The number of alkyl halides is 3. The van der Waals surface area contributed by atoms with Gasteiger partial charge in [-0.1, -0.05) is 36.4 Å². The van der Waals surface area contributed by atoms with Gasteiger partial charge in [0, 0.05) is 11.8 Å². The van der Waals surface area contributed by atoms with Gasteiger partial charge in [0.15, 0.2) is 11.5 Å². The molecule has 0 aliphatic carbocycles. The first-order valence-corrected chi connectivity index (χ1v) is 9.43. The summed E-state index contributed by atoms with van der Waals surface area (Å²) >= 11 is 0. The summed E-state index contributed by atoms with van der Waals surface area (Å²) in [6.07, 6.45) is -3.49. The van der Waals surface area contributed by atoms with Gasteiger partial charge >= 0.3 is 6.36 Å². The van der Waals surface area contributed by atoms with Crippen LogP contribution in [-0.4, -0.2) is 16.3 Å². The monoisotopic (exact) mass is 453 g/mol.